The van der Waals surface area contributed by atoms with Crippen molar-refractivity contribution >= 4 is 29.9 Å². The minimum atomic E-state index is 0. The molecule has 0 radical (unpaired) electrons. The second-order valence-corrected chi connectivity index (χ2v) is 8.70. The Morgan fingerprint density at radius 2 is 2.10 bits per heavy atom. The van der Waals surface area contributed by atoms with Gasteiger partial charge in [0.1, 0.15) is 12.4 Å². The van der Waals surface area contributed by atoms with Crippen LogP contribution in [0.5, 0.6) is 5.75 Å². The van der Waals surface area contributed by atoms with E-state index in [1.165, 1.54) is 24.8 Å². The summed E-state index contributed by atoms with van der Waals surface area (Å²) in [5.74, 6) is 1.78. The first-order chi connectivity index (χ1) is 14.6. The summed E-state index contributed by atoms with van der Waals surface area (Å²) in [4.78, 5) is 4.85. The van der Waals surface area contributed by atoms with Gasteiger partial charge in [-0.2, -0.15) is 0 Å². The molecule has 1 saturated carbocycles. The smallest absolute Gasteiger partial charge is 0.191 e. The van der Waals surface area contributed by atoms with Crippen molar-refractivity contribution in [2.24, 2.45) is 10.4 Å². The van der Waals surface area contributed by atoms with Crippen molar-refractivity contribution in [1.82, 2.24) is 10.6 Å². The Balaban J connectivity index is 0.00000341. The van der Waals surface area contributed by atoms with Crippen LogP contribution in [0.25, 0.3) is 0 Å². The number of aryl methyl sites for hydroxylation is 1. The predicted molar refractivity (Wildman–Crippen MR) is 137 cm³/mol. The zero-order valence-corrected chi connectivity index (χ0v) is 21.7. The number of rotatable bonds is 11. The lowest BCUT2D eigenvalue weighted by Crippen LogP contribution is -2.47. The maximum Gasteiger partial charge on any atom is 0.191 e. The Bertz CT molecular complexity index is 689. The van der Waals surface area contributed by atoms with E-state index in [9.17, 15) is 0 Å². The zero-order chi connectivity index (χ0) is 21.2. The predicted octanol–water partition coefficient (Wildman–Crippen LogP) is 4.43. The molecule has 1 unspecified atom stereocenters. The summed E-state index contributed by atoms with van der Waals surface area (Å²) in [6, 6.07) is 6.35. The van der Waals surface area contributed by atoms with E-state index in [0.717, 1.165) is 62.8 Å². The van der Waals surface area contributed by atoms with E-state index in [0.29, 0.717) is 18.6 Å². The van der Waals surface area contributed by atoms with E-state index in [-0.39, 0.29) is 30.1 Å². The molecule has 1 saturated heterocycles. The SMILES string of the molecule is CCNC(=NCc1ccc(C)cc1OCC1CCCO1)NCC1(CCOC)CCC1.I. The van der Waals surface area contributed by atoms with Gasteiger partial charge in [-0.25, -0.2) is 4.99 Å². The van der Waals surface area contributed by atoms with Crippen molar-refractivity contribution in [3.05, 3.63) is 29.3 Å². The molecule has 6 nitrogen and oxygen atoms in total. The van der Waals surface area contributed by atoms with Crippen LogP contribution in [0.2, 0.25) is 0 Å². The minimum absolute atomic E-state index is 0. The molecule has 0 amide bonds. The number of methoxy groups -OCH3 is 1. The Labute approximate surface area is 204 Å². The van der Waals surface area contributed by atoms with Crippen molar-refractivity contribution in [3.63, 3.8) is 0 Å². The van der Waals surface area contributed by atoms with Crippen LogP contribution < -0.4 is 15.4 Å². The van der Waals surface area contributed by atoms with E-state index < -0.39 is 0 Å². The van der Waals surface area contributed by atoms with Crippen molar-refractivity contribution in [2.75, 3.05) is 40.0 Å². The number of nitrogens with one attached hydrogen (secondary N) is 2. The van der Waals surface area contributed by atoms with Crippen LogP contribution in [0.4, 0.5) is 0 Å². The van der Waals surface area contributed by atoms with Crippen LogP contribution in [0, 0.1) is 12.3 Å². The van der Waals surface area contributed by atoms with Gasteiger partial charge >= 0.3 is 0 Å². The molecule has 1 aromatic rings. The fraction of sp³-hybridized carbons (Fsp3) is 0.708. The maximum absolute atomic E-state index is 6.13. The van der Waals surface area contributed by atoms with Gasteiger partial charge in [-0.15, -0.1) is 24.0 Å². The van der Waals surface area contributed by atoms with Gasteiger partial charge in [0.2, 0.25) is 0 Å². The fourth-order valence-electron chi connectivity index (χ4n) is 4.17. The second kappa shape index (κ2) is 13.5. The first-order valence-corrected chi connectivity index (χ1v) is 11.5. The average molecular weight is 546 g/mol. The number of aliphatic imine (C=N–C) groups is 1. The summed E-state index contributed by atoms with van der Waals surface area (Å²) in [5, 5.41) is 6.96. The summed E-state index contributed by atoms with van der Waals surface area (Å²) in [5.41, 5.74) is 2.65. The second-order valence-electron chi connectivity index (χ2n) is 8.70. The van der Waals surface area contributed by atoms with Gasteiger partial charge in [-0.05, 0) is 63.0 Å². The molecule has 1 atom stereocenters. The molecule has 7 heteroatoms. The highest BCUT2D eigenvalue weighted by Crippen LogP contribution is 2.43. The maximum atomic E-state index is 6.13. The standard InChI is InChI=1S/C24H39N3O3.HI/c1-4-25-23(27-18-24(10-6-11-24)12-14-28-3)26-16-20-9-8-19(2)15-22(20)30-17-21-7-5-13-29-21;/h8-9,15,21H,4-7,10-14,16-18H2,1-3H3,(H2,25,26,27);1H. The first-order valence-electron chi connectivity index (χ1n) is 11.5. The molecule has 2 aliphatic rings. The Morgan fingerprint density at radius 1 is 1.26 bits per heavy atom. The van der Waals surface area contributed by atoms with Gasteiger partial charge in [0, 0.05) is 39.0 Å². The number of hydrogen-bond donors (Lipinski definition) is 2. The number of benzene rings is 1. The molecule has 0 bridgehead atoms. The summed E-state index contributed by atoms with van der Waals surface area (Å²) in [6.45, 7) is 8.85. The van der Waals surface area contributed by atoms with Crippen LogP contribution in [0.1, 0.15) is 56.6 Å². The topological polar surface area (TPSA) is 64.1 Å². The Hall–Kier alpha value is -1.06. The van der Waals surface area contributed by atoms with Crippen molar-refractivity contribution in [2.45, 2.75) is 65.0 Å². The summed E-state index contributed by atoms with van der Waals surface area (Å²) in [7, 11) is 1.78. The van der Waals surface area contributed by atoms with Gasteiger partial charge in [-0.1, -0.05) is 18.6 Å². The summed E-state index contributed by atoms with van der Waals surface area (Å²) < 4.78 is 17.2. The number of ether oxygens (including phenoxy) is 3. The van der Waals surface area contributed by atoms with Crippen LogP contribution >= 0.6 is 24.0 Å². The Kier molecular flexibility index (Phi) is 11.4. The molecular formula is C24H40IN3O3. The molecule has 1 aliphatic carbocycles. The lowest BCUT2D eigenvalue weighted by Gasteiger charge is -2.42. The molecule has 1 heterocycles. The van der Waals surface area contributed by atoms with Gasteiger partial charge in [0.05, 0.1) is 12.6 Å². The quantitative estimate of drug-likeness (QED) is 0.245. The molecule has 1 aliphatic heterocycles. The van der Waals surface area contributed by atoms with E-state index >= 15 is 0 Å². The first kappa shape index (κ1) is 26.2. The lowest BCUT2D eigenvalue weighted by atomic mass is 9.67. The third-order valence-corrected chi connectivity index (χ3v) is 6.30. The molecule has 176 valence electrons. The third kappa shape index (κ3) is 8.09. The van der Waals surface area contributed by atoms with Crippen molar-refractivity contribution < 1.29 is 14.2 Å². The highest BCUT2D eigenvalue weighted by atomic mass is 127. The number of hydrogen-bond acceptors (Lipinski definition) is 4. The van der Waals surface area contributed by atoms with Crippen LogP contribution in [-0.4, -0.2) is 52.1 Å². The highest BCUT2D eigenvalue weighted by Gasteiger charge is 2.36. The normalized spacial score (nSPS) is 20.0. The van der Waals surface area contributed by atoms with Gasteiger partial charge in [-0.3, -0.25) is 0 Å². The third-order valence-electron chi connectivity index (χ3n) is 6.30. The molecule has 2 N–H and O–H groups in total. The number of nitrogens with zero attached hydrogens (tertiary/aromatic N) is 1. The Morgan fingerprint density at radius 3 is 2.74 bits per heavy atom. The molecular weight excluding hydrogens is 505 g/mol. The van der Waals surface area contributed by atoms with Crippen molar-refractivity contribution in [1.29, 1.82) is 0 Å². The summed E-state index contributed by atoms with van der Waals surface area (Å²) in [6.07, 6.45) is 7.38. The molecule has 31 heavy (non-hydrogen) atoms. The van der Waals surface area contributed by atoms with E-state index in [4.69, 9.17) is 19.2 Å². The zero-order valence-electron chi connectivity index (χ0n) is 19.4. The number of guanidine groups is 1. The number of halogens is 1. The minimum Gasteiger partial charge on any atom is -0.491 e. The average Bonchev–Trinajstić information content (AvgIpc) is 3.24. The van der Waals surface area contributed by atoms with Crippen LogP contribution in [0.15, 0.2) is 23.2 Å². The van der Waals surface area contributed by atoms with Gasteiger partial charge in [0.15, 0.2) is 5.96 Å². The molecule has 0 spiro atoms. The van der Waals surface area contributed by atoms with Gasteiger partial charge < -0.3 is 24.8 Å². The molecule has 1 aromatic carbocycles. The summed E-state index contributed by atoms with van der Waals surface area (Å²) >= 11 is 0. The fourth-order valence-corrected chi connectivity index (χ4v) is 4.17. The largest absolute Gasteiger partial charge is 0.491 e. The van der Waals surface area contributed by atoms with Crippen LogP contribution in [0.3, 0.4) is 0 Å². The van der Waals surface area contributed by atoms with Crippen molar-refractivity contribution in [3.8, 4) is 5.75 Å². The lowest BCUT2D eigenvalue weighted by molar-refractivity contribution is 0.0676. The highest BCUT2D eigenvalue weighted by molar-refractivity contribution is 14.0. The molecule has 0 aromatic heterocycles. The van der Waals surface area contributed by atoms with E-state index in [1.807, 2.05) is 0 Å². The monoisotopic (exact) mass is 545 g/mol. The molecule has 3 rings (SSSR count). The molecule has 2 fully saturated rings. The van der Waals surface area contributed by atoms with E-state index in [2.05, 4.69) is 42.7 Å². The van der Waals surface area contributed by atoms with Gasteiger partial charge in [0.25, 0.3) is 0 Å². The van der Waals surface area contributed by atoms with Crippen LogP contribution in [-0.2, 0) is 16.0 Å². The van der Waals surface area contributed by atoms with E-state index in [1.54, 1.807) is 7.11 Å².